The average Bonchev–Trinajstić information content (AvgIpc) is 2.82. The van der Waals surface area contributed by atoms with Crippen LogP contribution < -0.4 is 0 Å². The zero-order valence-electron chi connectivity index (χ0n) is 10.3. The minimum absolute atomic E-state index is 0.0154. The number of thioether (sulfide) groups is 1. The van der Waals surface area contributed by atoms with Crippen LogP contribution in [0, 0.1) is 6.92 Å². The van der Waals surface area contributed by atoms with E-state index >= 15 is 0 Å². The average molecular weight is 262 g/mol. The van der Waals surface area contributed by atoms with Crippen LogP contribution in [0.2, 0.25) is 0 Å². The number of hydrogen-bond acceptors (Lipinski definition) is 4. The summed E-state index contributed by atoms with van der Waals surface area (Å²) in [6, 6.07) is 6.08. The lowest BCUT2D eigenvalue weighted by Crippen LogP contribution is -2.09. The molecule has 18 heavy (non-hydrogen) atoms. The summed E-state index contributed by atoms with van der Waals surface area (Å²) in [6.07, 6.45) is 0.765. The Hall–Kier alpha value is -1.49. The van der Waals surface area contributed by atoms with Gasteiger partial charge in [-0.05, 0) is 31.5 Å². The molecule has 0 spiro atoms. The molecule has 2 atom stereocenters. The maximum absolute atomic E-state index is 11.6. The number of esters is 1. The number of fused-ring (bicyclic) bond motifs is 1. The lowest BCUT2D eigenvalue weighted by atomic mass is 10.2. The molecule has 94 valence electrons. The topological polar surface area (TPSA) is 55.0 Å². The summed E-state index contributed by atoms with van der Waals surface area (Å²) < 4.78 is 5.14. The number of nitrogens with one attached hydrogen (secondary N) is 1. The Balaban J connectivity index is 1.85. The van der Waals surface area contributed by atoms with Crippen molar-refractivity contribution in [3.63, 3.8) is 0 Å². The van der Waals surface area contributed by atoms with Crippen molar-refractivity contribution in [2.24, 2.45) is 0 Å². The minimum atomic E-state index is -0.137. The molecule has 0 aliphatic carbocycles. The summed E-state index contributed by atoms with van der Waals surface area (Å²) in [5, 5.41) is 0.647. The molecule has 0 bridgehead atoms. The van der Waals surface area contributed by atoms with Crippen LogP contribution >= 0.6 is 11.8 Å². The number of cyclic esters (lactones) is 1. The molecule has 3 rings (SSSR count). The largest absolute Gasteiger partial charge is 0.462 e. The summed E-state index contributed by atoms with van der Waals surface area (Å²) >= 11 is 1.45. The molecule has 0 saturated carbocycles. The summed E-state index contributed by atoms with van der Waals surface area (Å²) in [6.45, 7) is 3.96. The van der Waals surface area contributed by atoms with Crippen molar-refractivity contribution in [1.29, 1.82) is 0 Å². The number of imidazole rings is 1. The van der Waals surface area contributed by atoms with Gasteiger partial charge in [0.1, 0.15) is 11.4 Å². The normalized spacial score (nSPS) is 23.6. The summed E-state index contributed by atoms with van der Waals surface area (Å²) in [7, 11) is 0. The van der Waals surface area contributed by atoms with E-state index in [4.69, 9.17) is 4.74 Å². The zero-order valence-corrected chi connectivity index (χ0v) is 11.1. The third kappa shape index (κ3) is 2.10. The predicted octanol–water partition coefficient (Wildman–Crippen LogP) is 2.67. The fraction of sp³-hybridized carbons (Fsp3) is 0.385. The molecule has 1 aromatic heterocycles. The highest BCUT2D eigenvalue weighted by Gasteiger charge is 2.33. The Morgan fingerprint density at radius 3 is 3.06 bits per heavy atom. The molecule has 1 N–H and O–H groups in total. The van der Waals surface area contributed by atoms with Crippen LogP contribution in [-0.4, -0.2) is 27.3 Å². The number of H-pyrrole nitrogens is 1. The standard InChI is InChI=1S/C13H14N2O2S/c1-7-3-4-9-10(5-7)15-13(14-9)18-11-6-8(2)17-12(11)16/h3-5,8,11H,6H2,1-2H3,(H,14,15)/t8-,11+/m1/s1. The van der Waals surface area contributed by atoms with E-state index in [1.54, 1.807) is 0 Å². The molecule has 2 aromatic rings. The van der Waals surface area contributed by atoms with Crippen LogP contribution in [0.3, 0.4) is 0 Å². The number of carbonyl (C=O) groups excluding carboxylic acids is 1. The van der Waals surface area contributed by atoms with Crippen molar-refractivity contribution in [3.8, 4) is 0 Å². The SMILES string of the molecule is Cc1ccc2nc(S[C@H]3C[C@@H](C)OC3=O)[nH]c2c1. The minimum Gasteiger partial charge on any atom is -0.462 e. The van der Waals surface area contributed by atoms with Crippen molar-refractivity contribution >= 4 is 28.8 Å². The predicted molar refractivity (Wildman–Crippen MR) is 70.6 cm³/mol. The van der Waals surface area contributed by atoms with Gasteiger partial charge in [-0.1, -0.05) is 17.8 Å². The van der Waals surface area contributed by atoms with Crippen molar-refractivity contribution in [2.45, 2.75) is 36.8 Å². The Labute approximate surface area is 109 Å². The highest BCUT2D eigenvalue weighted by Crippen LogP contribution is 2.31. The molecule has 0 amide bonds. The fourth-order valence-electron chi connectivity index (χ4n) is 2.11. The smallest absolute Gasteiger partial charge is 0.319 e. The number of aromatic nitrogens is 2. The van der Waals surface area contributed by atoms with Gasteiger partial charge in [0.25, 0.3) is 0 Å². The van der Waals surface area contributed by atoms with Gasteiger partial charge >= 0.3 is 5.97 Å². The molecule has 1 aromatic carbocycles. The number of ether oxygens (including phenoxy) is 1. The van der Waals surface area contributed by atoms with E-state index in [0.29, 0.717) is 0 Å². The number of benzene rings is 1. The van der Waals surface area contributed by atoms with Crippen LogP contribution in [0.5, 0.6) is 0 Å². The monoisotopic (exact) mass is 262 g/mol. The maximum atomic E-state index is 11.6. The summed E-state index contributed by atoms with van der Waals surface area (Å²) in [5.74, 6) is -0.135. The first-order valence-electron chi connectivity index (χ1n) is 5.95. The molecule has 5 heteroatoms. The van der Waals surface area contributed by atoms with Crippen LogP contribution in [0.4, 0.5) is 0 Å². The van der Waals surface area contributed by atoms with E-state index < -0.39 is 0 Å². The Morgan fingerprint density at radius 2 is 2.33 bits per heavy atom. The zero-order chi connectivity index (χ0) is 12.7. The second-order valence-electron chi connectivity index (χ2n) is 4.65. The number of carbonyl (C=O) groups is 1. The number of nitrogens with zero attached hydrogens (tertiary/aromatic N) is 1. The molecule has 0 radical (unpaired) electrons. The van der Waals surface area contributed by atoms with Crippen molar-refractivity contribution < 1.29 is 9.53 Å². The highest BCUT2D eigenvalue weighted by atomic mass is 32.2. The molecule has 1 fully saturated rings. The number of aromatic amines is 1. The van der Waals surface area contributed by atoms with Gasteiger partial charge in [-0.25, -0.2) is 4.98 Å². The van der Waals surface area contributed by atoms with E-state index in [-0.39, 0.29) is 17.3 Å². The van der Waals surface area contributed by atoms with Crippen molar-refractivity contribution in [2.75, 3.05) is 0 Å². The second kappa shape index (κ2) is 4.31. The van der Waals surface area contributed by atoms with Crippen LogP contribution in [0.15, 0.2) is 23.4 Å². The highest BCUT2D eigenvalue weighted by molar-refractivity contribution is 8.00. The number of aryl methyl sites for hydroxylation is 1. The first-order valence-corrected chi connectivity index (χ1v) is 6.83. The van der Waals surface area contributed by atoms with Crippen molar-refractivity contribution in [1.82, 2.24) is 9.97 Å². The van der Waals surface area contributed by atoms with E-state index in [1.807, 2.05) is 26.0 Å². The lowest BCUT2D eigenvalue weighted by molar-refractivity contribution is -0.140. The van der Waals surface area contributed by atoms with Gasteiger partial charge in [0.05, 0.1) is 11.0 Å². The number of rotatable bonds is 2. The molecule has 1 aliphatic rings. The fourth-order valence-corrected chi connectivity index (χ4v) is 3.22. The third-order valence-electron chi connectivity index (χ3n) is 3.00. The van der Waals surface area contributed by atoms with E-state index in [2.05, 4.69) is 16.0 Å². The van der Waals surface area contributed by atoms with Gasteiger partial charge in [0.15, 0.2) is 5.16 Å². The van der Waals surface area contributed by atoms with Crippen molar-refractivity contribution in [3.05, 3.63) is 23.8 Å². The Kier molecular flexibility index (Phi) is 2.78. The van der Waals surface area contributed by atoms with Gasteiger partial charge in [0.2, 0.25) is 0 Å². The Bertz CT molecular complexity index is 608. The van der Waals surface area contributed by atoms with Gasteiger partial charge < -0.3 is 9.72 Å². The first kappa shape index (κ1) is 11.6. The van der Waals surface area contributed by atoms with Gasteiger partial charge in [-0.3, -0.25) is 4.79 Å². The summed E-state index contributed by atoms with van der Waals surface area (Å²) in [5.41, 5.74) is 3.14. The summed E-state index contributed by atoms with van der Waals surface area (Å²) in [4.78, 5) is 19.3. The molecule has 1 aliphatic heterocycles. The van der Waals surface area contributed by atoms with Crippen LogP contribution in [-0.2, 0) is 9.53 Å². The molecule has 4 nitrogen and oxygen atoms in total. The Morgan fingerprint density at radius 1 is 1.50 bits per heavy atom. The third-order valence-corrected chi connectivity index (χ3v) is 4.08. The van der Waals surface area contributed by atoms with E-state index in [0.717, 1.165) is 22.6 Å². The number of hydrogen-bond donors (Lipinski definition) is 1. The van der Waals surface area contributed by atoms with E-state index in [9.17, 15) is 4.79 Å². The van der Waals surface area contributed by atoms with Gasteiger partial charge in [-0.15, -0.1) is 0 Å². The van der Waals surface area contributed by atoms with E-state index in [1.165, 1.54) is 17.3 Å². The maximum Gasteiger partial charge on any atom is 0.319 e. The second-order valence-corrected chi connectivity index (χ2v) is 5.84. The lowest BCUT2D eigenvalue weighted by Gasteiger charge is -2.00. The van der Waals surface area contributed by atoms with Gasteiger partial charge in [0, 0.05) is 6.42 Å². The first-order chi connectivity index (χ1) is 8.61. The van der Waals surface area contributed by atoms with Crippen LogP contribution in [0.1, 0.15) is 18.9 Å². The quantitative estimate of drug-likeness (QED) is 0.845. The molecule has 0 unspecified atom stereocenters. The van der Waals surface area contributed by atoms with Gasteiger partial charge in [-0.2, -0.15) is 0 Å². The van der Waals surface area contributed by atoms with Crippen LogP contribution in [0.25, 0.3) is 11.0 Å². The molecule has 1 saturated heterocycles. The molecular formula is C13H14N2O2S. The molecule has 2 heterocycles. The molecular weight excluding hydrogens is 248 g/mol.